The van der Waals surface area contributed by atoms with Gasteiger partial charge in [0.15, 0.2) is 5.76 Å². The third kappa shape index (κ3) is 5.61. The lowest BCUT2D eigenvalue weighted by molar-refractivity contribution is 0.0992. The molecule has 0 fully saturated rings. The number of furan rings is 1. The van der Waals surface area contributed by atoms with Gasteiger partial charge in [-0.2, -0.15) is 5.10 Å². The Balaban J connectivity index is 1.34. The molecule has 0 aliphatic carbocycles. The maximum Gasteiger partial charge on any atom is 0.291 e. The summed E-state index contributed by atoms with van der Waals surface area (Å²) in [7, 11) is 0. The quantitative estimate of drug-likeness (QED) is 0.339. The number of carbonyl (C=O) groups is 1. The number of anilines is 1. The lowest BCUT2D eigenvalue weighted by Gasteiger charge is -2.06. The van der Waals surface area contributed by atoms with Crippen molar-refractivity contribution in [3.05, 3.63) is 99.1 Å². The number of carbonyl (C=O) groups excluding carboxylic acids is 1. The molecule has 4 rings (SSSR count). The highest BCUT2D eigenvalue weighted by Crippen LogP contribution is 2.28. The summed E-state index contributed by atoms with van der Waals surface area (Å²) in [6.45, 7) is 0.651. The van der Waals surface area contributed by atoms with Gasteiger partial charge in [-0.05, 0) is 48.0 Å². The van der Waals surface area contributed by atoms with Crippen molar-refractivity contribution in [1.82, 2.24) is 9.78 Å². The van der Waals surface area contributed by atoms with Crippen LogP contribution in [-0.4, -0.2) is 15.7 Å². The van der Waals surface area contributed by atoms with Gasteiger partial charge in [0.25, 0.3) is 5.91 Å². The second-order valence-corrected chi connectivity index (χ2v) is 7.92. The Labute approximate surface area is 193 Å². The molecule has 158 valence electrons. The van der Waals surface area contributed by atoms with Crippen LogP contribution in [0.4, 0.5) is 5.69 Å². The molecule has 1 amide bonds. The summed E-state index contributed by atoms with van der Waals surface area (Å²) >= 11 is 18.0. The number of hydrogen-bond donors (Lipinski definition) is 1. The smallest absolute Gasteiger partial charge is 0.291 e. The standard InChI is InChI=1S/C22H16Cl3N3O3/c23-15-3-1-2-14(8-15)11-28-12-17(10-26-28)27-22(29)21-7-5-18(31-21)13-30-20-6-4-16(24)9-19(20)25/h1-10,12H,11,13H2,(H,27,29). The third-order valence-corrected chi connectivity index (χ3v) is 5.04. The Morgan fingerprint density at radius 1 is 1.06 bits per heavy atom. The largest absolute Gasteiger partial charge is 0.484 e. The lowest BCUT2D eigenvalue weighted by atomic mass is 10.2. The number of amides is 1. The van der Waals surface area contributed by atoms with Gasteiger partial charge in [-0.25, -0.2) is 0 Å². The van der Waals surface area contributed by atoms with Crippen LogP contribution in [0.25, 0.3) is 0 Å². The highest BCUT2D eigenvalue weighted by atomic mass is 35.5. The van der Waals surface area contributed by atoms with Crippen LogP contribution in [0.15, 0.2) is 71.4 Å². The van der Waals surface area contributed by atoms with Crippen LogP contribution < -0.4 is 10.1 Å². The van der Waals surface area contributed by atoms with E-state index in [1.807, 2.05) is 24.3 Å². The Morgan fingerprint density at radius 3 is 2.71 bits per heavy atom. The van der Waals surface area contributed by atoms with Crippen molar-refractivity contribution < 1.29 is 13.9 Å². The van der Waals surface area contributed by atoms with Crippen molar-refractivity contribution >= 4 is 46.4 Å². The molecule has 4 aromatic rings. The van der Waals surface area contributed by atoms with E-state index in [9.17, 15) is 4.79 Å². The van der Waals surface area contributed by atoms with Gasteiger partial charge in [0.1, 0.15) is 18.1 Å². The number of halogens is 3. The minimum atomic E-state index is -0.391. The Morgan fingerprint density at radius 2 is 1.90 bits per heavy atom. The van der Waals surface area contributed by atoms with Crippen molar-refractivity contribution in [3.8, 4) is 5.75 Å². The first-order valence-corrected chi connectivity index (χ1v) is 10.3. The van der Waals surface area contributed by atoms with Gasteiger partial charge in [0.2, 0.25) is 0 Å². The summed E-state index contributed by atoms with van der Waals surface area (Å²) < 4.78 is 12.9. The summed E-state index contributed by atoms with van der Waals surface area (Å²) in [5, 5.41) is 8.59. The van der Waals surface area contributed by atoms with Crippen molar-refractivity contribution in [2.75, 3.05) is 5.32 Å². The average Bonchev–Trinajstić information content (AvgIpc) is 3.37. The molecule has 2 heterocycles. The molecule has 0 unspecified atom stereocenters. The molecule has 0 aliphatic rings. The molecule has 31 heavy (non-hydrogen) atoms. The lowest BCUT2D eigenvalue weighted by Crippen LogP contribution is -2.10. The van der Waals surface area contributed by atoms with Gasteiger partial charge in [0, 0.05) is 16.2 Å². The first-order valence-electron chi connectivity index (χ1n) is 9.21. The van der Waals surface area contributed by atoms with Gasteiger partial charge in [-0.1, -0.05) is 46.9 Å². The summed E-state index contributed by atoms with van der Waals surface area (Å²) in [6.07, 6.45) is 3.30. The van der Waals surface area contributed by atoms with Gasteiger partial charge >= 0.3 is 0 Å². The number of ether oxygens (including phenoxy) is 1. The van der Waals surface area contributed by atoms with Crippen molar-refractivity contribution in [2.45, 2.75) is 13.2 Å². The molecule has 2 aromatic heterocycles. The zero-order valence-corrected chi connectivity index (χ0v) is 18.3. The fraction of sp³-hybridized carbons (Fsp3) is 0.0909. The van der Waals surface area contributed by atoms with E-state index in [2.05, 4.69) is 10.4 Å². The molecule has 2 aromatic carbocycles. The van der Waals surface area contributed by atoms with E-state index in [4.69, 9.17) is 44.0 Å². The number of nitrogens with zero attached hydrogens (tertiary/aromatic N) is 2. The van der Waals surface area contributed by atoms with Crippen LogP contribution in [0.2, 0.25) is 15.1 Å². The molecule has 1 N–H and O–H groups in total. The number of hydrogen-bond acceptors (Lipinski definition) is 4. The normalized spacial score (nSPS) is 10.8. The predicted octanol–water partition coefficient (Wildman–Crippen LogP) is 6.32. The Bertz CT molecular complexity index is 1220. The van der Waals surface area contributed by atoms with Gasteiger partial charge in [0.05, 0.1) is 23.5 Å². The van der Waals surface area contributed by atoms with Crippen LogP contribution in [0, 0.1) is 0 Å². The number of rotatable bonds is 7. The van der Waals surface area contributed by atoms with E-state index in [0.29, 0.717) is 38.8 Å². The van der Waals surface area contributed by atoms with Crippen LogP contribution >= 0.6 is 34.8 Å². The second-order valence-electron chi connectivity index (χ2n) is 6.64. The maximum atomic E-state index is 12.5. The van der Waals surface area contributed by atoms with E-state index < -0.39 is 5.91 Å². The summed E-state index contributed by atoms with van der Waals surface area (Å²) in [5.74, 6) is 0.717. The van der Waals surface area contributed by atoms with Gasteiger partial charge in [-0.3, -0.25) is 9.48 Å². The molecular weight excluding hydrogens is 461 g/mol. The van der Waals surface area contributed by atoms with Gasteiger partial charge in [-0.15, -0.1) is 0 Å². The molecule has 0 saturated carbocycles. The summed E-state index contributed by atoms with van der Waals surface area (Å²) in [6, 6.07) is 15.7. The van der Waals surface area contributed by atoms with Crippen LogP contribution in [-0.2, 0) is 13.2 Å². The summed E-state index contributed by atoms with van der Waals surface area (Å²) in [5.41, 5.74) is 1.55. The molecule has 0 radical (unpaired) electrons. The Hall–Kier alpha value is -2.93. The molecule has 0 atom stereocenters. The number of nitrogens with one attached hydrogen (secondary N) is 1. The van der Waals surface area contributed by atoms with Crippen LogP contribution in [0.5, 0.6) is 5.75 Å². The van der Waals surface area contributed by atoms with Crippen LogP contribution in [0.1, 0.15) is 21.9 Å². The van der Waals surface area contributed by atoms with Crippen molar-refractivity contribution in [3.63, 3.8) is 0 Å². The zero-order chi connectivity index (χ0) is 21.8. The van der Waals surface area contributed by atoms with Crippen molar-refractivity contribution in [1.29, 1.82) is 0 Å². The zero-order valence-electron chi connectivity index (χ0n) is 16.0. The van der Waals surface area contributed by atoms with E-state index in [1.54, 1.807) is 47.4 Å². The SMILES string of the molecule is O=C(Nc1cnn(Cc2cccc(Cl)c2)c1)c1ccc(COc2ccc(Cl)cc2Cl)o1. The molecule has 0 aliphatic heterocycles. The first-order chi connectivity index (χ1) is 15.0. The average molecular weight is 477 g/mol. The highest BCUT2D eigenvalue weighted by molar-refractivity contribution is 6.35. The molecular formula is C22H16Cl3N3O3. The van der Waals surface area contributed by atoms with E-state index in [1.165, 1.54) is 0 Å². The monoisotopic (exact) mass is 475 g/mol. The molecule has 0 saturated heterocycles. The van der Waals surface area contributed by atoms with E-state index in [0.717, 1.165) is 5.56 Å². The Kier molecular flexibility index (Phi) is 6.51. The second kappa shape index (κ2) is 9.47. The molecule has 0 bridgehead atoms. The van der Waals surface area contributed by atoms with Gasteiger partial charge < -0.3 is 14.5 Å². The highest BCUT2D eigenvalue weighted by Gasteiger charge is 2.13. The van der Waals surface area contributed by atoms with Crippen molar-refractivity contribution in [2.24, 2.45) is 0 Å². The third-order valence-electron chi connectivity index (χ3n) is 4.27. The molecule has 9 heteroatoms. The fourth-order valence-corrected chi connectivity index (χ4v) is 3.52. The van der Waals surface area contributed by atoms with Crippen LogP contribution in [0.3, 0.4) is 0 Å². The predicted molar refractivity (Wildman–Crippen MR) is 120 cm³/mol. The minimum absolute atomic E-state index is 0.117. The number of benzene rings is 2. The molecule has 0 spiro atoms. The van der Waals surface area contributed by atoms with E-state index in [-0.39, 0.29) is 12.4 Å². The fourth-order valence-electron chi connectivity index (χ4n) is 2.85. The van der Waals surface area contributed by atoms with E-state index >= 15 is 0 Å². The first kappa shape index (κ1) is 21.3. The minimum Gasteiger partial charge on any atom is -0.484 e. The topological polar surface area (TPSA) is 69.3 Å². The maximum absolute atomic E-state index is 12.5. The summed E-state index contributed by atoms with van der Waals surface area (Å²) in [4.78, 5) is 12.5. The number of aromatic nitrogens is 2. The molecule has 6 nitrogen and oxygen atoms in total.